The number of benzene rings is 1. The van der Waals surface area contributed by atoms with E-state index < -0.39 is 6.09 Å². The molecule has 2 amide bonds. The van der Waals surface area contributed by atoms with Gasteiger partial charge in [0.25, 0.3) is 5.56 Å². The molecular formula is C24H27N5O5. The fraction of sp³-hybridized carbons (Fsp3) is 0.250. The van der Waals surface area contributed by atoms with E-state index in [1.165, 1.54) is 11.8 Å². The number of amides is 2. The van der Waals surface area contributed by atoms with Crippen molar-refractivity contribution in [1.82, 2.24) is 20.3 Å². The first kappa shape index (κ1) is 24.3. The van der Waals surface area contributed by atoms with Gasteiger partial charge >= 0.3 is 6.09 Å². The van der Waals surface area contributed by atoms with Crippen LogP contribution in [-0.2, 0) is 30.8 Å². The summed E-state index contributed by atoms with van der Waals surface area (Å²) >= 11 is 0. The van der Waals surface area contributed by atoms with Crippen LogP contribution < -0.4 is 26.4 Å². The molecule has 0 saturated carbocycles. The Labute approximate surface area is 196 Å². The van der Waals surface area contributed by atoms with E-state index in [-0.39, 0.29) is 31.0 Å². The molecule has 0 aliphatic carbocycles. The van der Waals surface area contributed by atoms with Gasteiger partial charge in [-0.15, -0.1) is 0 Å². The number of rotatable bonds is 10. The number of carboxylic acid groups (broad SMARTS) is 1. The predicted molar refractivity (Wildman–Crippen MR) is 126 cm³/mol. The van der Waals surface area contributed by atoms with Crippen molar-refractivity contribution in [2.45, 2.75) is 33.0 Å². The van der Waals surface area contributed by atoms with Crippen LogP contribution in [0.4, 0.5) is 4.79 Å². The second-order valence-electron chi connectivity index (χ2n) is 7.60. The zero-order valence-electron chi connectivity index (χ0n) is 19.0. The number of methoxy groups -OCH3 is 1. The topological polar surface area (TPSA) is 135 Å². The Morgan fingerprint density at radius 1 is 1.09 bits per heavy atom. The summed E-state index contributed by atoms with van der Waals surface area (Å²) in [5.41, 5.74) is 6.17. The van der Waals surface area contributed by atoms with Gasteiger partial charge in [0.05, 0.1) is 20.1 Å². The van der Waals surface area contributed by atoms with Crippen LogP contribution in [0.5, 0.6) is 5.75 Å². The van der Waals surface area contributed by atoms with Crippen LogP contribution in [0.15, 0.2) is 59.8 Å². The Hall–Kier alpha value is -4.34. The highest BCUT2D eigenvalue weighted by Crippen LogP contribution is 2.18. The van der Waals surface area contributed by atoms with Crippen molar-refractivity contribution in [2.24, 2.45) is 0 Å². The smallest absolute Gasteiger partial charge is 0.404 e. The maximum atomic E-state index is 12.9. The van der Waals surface area contributed by atoms with Crippen LogP contribution >= 0.6 is 0 Å². The second kappa shape index (κ2) is 11.5. The summed E-state index contributed by atoms with van der Waals surface area (Å²) in [7, 11) is 1.53. The van der Waals surface area contributed by atoms with Crippen LogP contribution in [0.1, 0.15) is 27.8 Å². The van der Waals surface area contributed by atoms with Crippen LogP contribution in [0.25, 0.3) is 0 Å². The van der Waals surface area contributed by atoms with Gasteiger partial charge in [-0.1, -0.05) is 12.1 Å². The molecule has 4 N–H and O–H groups in total. The maximum absolute atomic E-state index is 12.9. The average molecular weight is 466 g/mol. The minimum atomic E-state index is -1.14. The average Bonchev–Trinajstić information content (AvgIpc) is 2.84. The molecule has 2 aromatic heterocycles. The number of hydrogen-bond acceptors (Lipinski definition) is 6. The van der Waals surface area contributed by atoms with Crippen molar-refractivity contribution in [3.05, 3.63) is 93.2 Å². The summed E-state index contributed by atoms with van der Waals surface area (Å²) in [5, 5.41) is 14.0. The van der Waals surface area contributed by atoms with Gasteiger partial charge in [0.2, 0.25) is 5.91 Å². The standard InChI is InChI=1S/C24H27N5O5/c1-16-7-9-29(28-13-17-4-3-8-25-12-17)23(31)21(16)11-22(30)26-15-19-10-20(34-2)6-5-18(19)14-27-24(32)33/h3-10,12,27-28H,11,13-15H2,1-2H3,(H,26,30)(H,32,33). The molecular weight excluding hydrogens is 438 g/mol. The molecule has 0 atom stereocenters. The van der Waals surface area contributed by atoms with Crippen LogP contribution in [-0.4, -0.2) is 33.9 Å². The first-order valence-electron chi connectivity index (χ1n) is 10.6. The number of carbonyl (C=O) groups is 2. The molecule has 10 heteroatoms. The van der Waals surface area contributed by atoms with Crippen molar-refractivity contribution >= 4 is 12.0 Å². The Kier molecular flexibility index (Phi) is 8.22. The molecule has 0 aliphatic rings. The summed E-state index contributed by atoms with van der Waals surface area (Å²) < 4.78 is 6.59. The molecule has 2 heterocycles. The molecule has 0 saturated heterocycles. The minimum absolute atomic E-state index is 0.0905. The van der Waals surface area contributed by atoms with Crippen LogP contribution in [0.2, 0.25) is 0 Å². The van der Waals surface area contributed by atoms with E-state index in [2.05, 4.69) is 21.0 Å². The monoisotopic (exact) mass is 465 g/mol. The molecule has 34 heavy (non-hydrogen) atoms. The van der Waals surface area contributed by atoms with Crippen LogP contribution in [0, 0.1) is 6.92 Å². The summed E-state index contributed by atoms with van der Waals surface area (Å²) in [6.07, 6.45) is 3.79. The second-order valence-corrected chi connectivity index (χ2v) is 7.60. The van der Waals surface area contributed by atoms with Gasteiger partial charge in [-0.25, -0.2) is 9.47 Å². The number of hydrogen-bond donors (Lipinski definition) is 4. The van der Waals surface area contributed by atoms with E-state index in [0.717, 1.165) is 5.56 Å². The predicted octanol–water partition coefficient (Wildman–Crippen LogP) is 1.93. The summed E-state index contributed by atoms with van der Waals surface area (Å²) in [6.45, 7) is 2.44. The fourth-order valence-electron chi connectivity index (χ4n) is 3.34. The SMILES string of the molecule is COc1ccc(CNC(=O)O)c(CNC(=O)Cc2c(C)ccn(NCc3cccnc3)c2=O)c1. The van der Waals surface area contributed by atoms with E-state index >= 15 is 0 Å². The number of aryl methyl sites for hydroxylation is 1. The number of carbonyl (C=O) groups excluding carboxylic acids is 1. The van der Waals surface area contributed by atoms with E-state index in [4.69, 9.17) is 9.84 Å². The van der Waals surface area contributed by atoms with Gasteiger partial charge in [-0.05, 0) is 53.4 Å². The molecule has 3 aromatic rings. The van der Waals surface area contributed by atoms with E-state index in [1.54, 1.807) is 49.8 Å². The lowest BCUT2D eigenvalue weighted by Crippen LogP contribution is -2.34. The Bertz CT molecular complexity index is 1210. The van der Waals surface area contributed by atoms with E-state index in [1.807, 2.05) is 12.1 Å². The Morgan fingerprint density at radius 3 is 2.59 bits per heavy atom. The number of nitrogens with zero attached hydrogens (tertiary/aromatic N) is 2. The van der Waals surface area contributed by atoms with Gasteiger partial charge in [0.15, 0.2) is 0 Å². The molecule has 0 radical (unpaired) electrons. The van der Waals surface area contributed by atoms with Crippen molar-refractivity contribution in [3.63, 3.8) is 0 Å². The lowest BCUT2D eigenvalue weighted by Gasteiger charge is -2.14. The van der Waals surface area contributed by atoms with Crippen molar-refractivity contribution in [3.8, 4) is 5.75 Å². The first-order valence-corrected chi connectivity index (χ1v) is 10.6. The minimum Gasteiger partial charge on any atom is -0.497 e. The summed E-state index contributed by atoms with van der Waals surface area (Å²) in [6, 6.07) is 10.7. The van der Waals surface area contributed by atoms with Crippen molar-refractivity contribution < 1.29 is 19.4 Å². The van der Waals surface area contributed by atoms with Crippen molar-refractivity contribution in [2.75, 3.05) is 12.5 Å². The third-order valence-electron chi connectivity index (χ3n) is 5.26. The van der Waals surface area contributed by atoms with Gasteiger partial charge in [-0.2, -0.15) is 0 Å². The Balaban J connectivity index is 1.68. The molecule has 0 fully saturated rings. The lowest BCUT2D eigenvalue weighted by molar-refractivity contribution is -0.120. The largest absolute Gasteiger partial charge is 0.497 e. The first-order chi connectivity index (χ1) is 16.4. The number of aromatic nitrogens is 2. The summed E-state index contributed by atoms with van der Waals surface area (Å²) in [5.74, 6) is 0.259. The number of nitrogens with one attached hydrogen (secondary N) is 3. The number of pyridine rings is 2. The zero-order chi connectivity index (χ0) is 24.5. The molecule has 0 bridgehead atoms. The van der Waals surface area contributed by atoms with Crippen LogP contribution in [0.3, 0.4) is 0 Å². The third-order valence-corrected chi connectivity index (χ3v) is 5.26. The van der Waals surface area contributed by atoms with Gasteiger partial charge in [0, 0.05) is 37.2 Å². The molecule has 178 valence electrons. The maximum Gasteiger partial charge on any atom is 0.404 e. The number of ether oxygens (including phenoxy) is 1. The van der Waals surface area contributed by atoms with Crippen molar-refractivity contribution in [1.29, 1.82) is 0 Å². The normalized spacial score (nSPS) is 10.4. The van der Waals surface area contributed by atoms with Gasteiger partial charge in [-0.3, -0.25) is 14.6 Å². The third kappa shape index (κ3) is 6.58. The lowest BCUT2D eigenvalue weighted by atomic mass is 10.1. The molecule has 3 rings (SSSR count). The summed E-state index contributed by atoms with van der Waals surface area (Å²) in [4.78, 5) is 40.5. The molecule has 0 aliphatic heterocycles. The molecule has 0 unspecified atom stereocenters. The highest BCUT2D eigenvalue weighted by molar-refractivity contribution is 5.78. The van der Waals surface area contributed by atoms with Gasteiger partial charge in [0.1, 0.15) is 5.75 Å². The highest BCUT2D eigenvalue weighted by Gasteiger charge is 2.14. The van der Waals surface area contributed by atoms with E-state index in [0.29, 0.717) is 34.5 Å². The molecule has 10 nitrogen and oxygen atoms in total. The highest BCUT2D eigenvalue weighted by atomic mass is 16.5. The zero-order valence-corrected chi connectivity index (χ0v) is 19.0. The quantitative estimate of drug-likeness (QED) is 0.359. The van der Waals surface area contributed by atoms with E-state index in [9.17, 15) is 14.4 Å². The fourth-order valence-corrected chi connectivity index (χ4v) is 3.34. The molecule has 1 aromatic carbocycles. The van der Waals surface area contributed by atoms with Gasteiger partial charge < -0.3 is 25.9 Å². The molecule has 0 spiro atoms. The Morgan fingerprint density at radius 2 is 1.88 bits per heavy atom.